The van der Waals surface area contributed by atoms with E-state index in [9.17, 15) is 18.6 Å². The second-order valence-electron chi connectivity index (χ2n) is 4.78. The summed E-state index contributed by atoms with van der Waals surface area (Å²) in [4.78, 5) is 4.25. The van der Waals surface area contributed by atoms with Crippen LogP contribution in [0, 0.1) is 6.92 Å². The molecule has 1 aliphatic rings. The van der Waals surface area contributed by atoms with E-state index in [-0.39, 0.29) is 12.4 Å². The second-order valence-corrected chi connectivity index (χ2v) is 6.38. The highest BCUT2D eigenvalue weighted by atomic mass is 32.2. The third kappa shape index (κ3) is 3.72. The summed E-state index contributed by atoms with van der Waals surface area (Å²) in [7, 11) is -3.69. The van der Waals surface area contributed by atoms with Crippen LogP contribution in [0.25, 0.3) is 0 Å². The summed E-state index contributed by atoms with van der Waals surface area (Å²) >= 11 is 0. The normalized spacial score (nSPS) is 20.0. The van der Waals surface area contributed by atoms with E-state index in [1.165, 1.54) is 0 Å². The zero-order valence-electron chi connectivity index (χ0n) is 11.7. The lowest BCUT2D eigenvalue weighted by molar-refractivity contribution is 0.0918. The molecule has 0 amide bonds. The van der Waals surface area contributed by atoms with E-state index in [2.05, 4.69) is 4.99 Å². The number of hydrogen-bond donors (Lipinski definition) is 2. The van der Waals surface area contributed by atoms with Gasteiger partial charge in [0.25, 0.3) is 10.1 Å². The molecular formula is C13H17NO6S. The van der Waals surface area contributed by atoms with Crippen LogP contribution < -0.4 is 0 Å². The standard InChI is InChI=1S/C13H17NO6S/c1-8-9(4-3-5-11(8)16)13-14-10(7-19-13)12(6-15)20-21(2,17)18/h3-5,10,12,15-16H,6-7H2,1-2H3. The fourth-order valence-electron chi connectivity index (χ4n) is 2.02. The molecule has 0 aliphatic carbocycles. The maximum Gasteiger partial charge on any atom is 0.264 e. The Kier molecular flexibility index (Phi) is 4.50. The Labute approximate surface area is 123 Å². The van der Waals surface area contributed by atoms with Crippen LogP contribution in [-0.4, -0.2) is 56.1 Å². The van der Waals surface area contributed by atoms with Gasteiger partial charge < -0.3 is 14.9 Å². The molecule has 1 aromatic carbocycles. The topological polar surface area (TPSA) is 105 Å². The highest BCUT2D eigenvalue weighted by Gasteiger charge is 2.31. The molecule has 8 heteroatoms. The number of aliphatic imine (C=N–C) groups is 1. The van der Waals surface area contributed by atoms with E-state index in [4.69, 9.17) is 8.92 Å². The summed E-state index contributed by atoms with van der Waals surface area (Å²) in [5.74, 6) is 0.414. The van der Waals surface area contributed by atoms with Crippen LogP contribution in [0.2, 0.25) is 0 Å². The van der Waals surface area contributed by atoms with Gasteiger partial charge in [0.2, 0.25) is 5.90 Å². The Morgan fingerprint density at radius 3 is 2.86 bits per heavy atom. The van der Waals surface area contributed by atoms with Gasteiger partial charge in [0.15, 0.2) is 0 Å². The maximum atomic E-state index is 11.2. The van der Waals surface area contributed by atoms with Crippen molar-refractivity contribution < 1.29 is 27.6 Å². The number of aliphatic hydroxyl groups is 1. The Balaban J connectivity index is 2.24. The van der Waals surface area contributed by atoms with Crippen LogP contribution in [0.3, 0.4) is 0 Å². The molecule has 0 aromatic heterocycles. The molecule has 21 heavy (non-hydrogen) atoms. The van der Waals surface area contributed by atoms with Crippen LogP contribution in [0.15, 0.2) is 23.2 Å². The van der Waals surface area contributed by atoms with Crippen molar-refractivity contribution in [2.24, 2.45) is 4.99 Å². The van der Waals surface area contributed by atoms with E-state index in [1.807, 2.05) is 0 Å². The van der Waals surface area contributed by atoms with Gasteiger partial charge in [-0.15, -0.1) is 0 Å². The van der Waals surface area contributed by atoms with E-state index in [1.54, 1.807) is 25.1 Å². The molecule has 7 nitrogen and oxygen atoms in total. The largest absolute Gasteiger partial charge is 0.508 e. The first kappa shape index (κ1) is 15.7. The second kappa shape index (κ2) is 6.00. The Morgan fingerprint density at radius 1 is 1.52 bits per heavy atom. The molecule has 0 saturated carbocycles. The predicted octanol–water partition coefficient (Wildman–Crippen LogP) is 0.183. The quantitative estimate of drug-likeness (QED) is 0.751. The van der Waals surface area contributed by atoms with Gasteiger partial charge in [-0.05, 0) is 19.1 Å². The predicted molar refractivity (Wildman–Crippen MR) is 75.9 cm³/mol. The molecule has 0 fully saturated rings. The fraction of sp³-hybridized carbons (Fsp3) is 0.462. The minimum absolute atomic E-state index is 0.102. The summed E-state index contributed by atoms with van der Waals surface area (Å²) in [6.07, 6.45) is -0.0785. The minimum Gasteiger partial charge on any atom is -0.508 e. The lowest BCUT2D eigenvalue weighted by Gasteiger charge is -2.16. The van der Waals surface area contributed by atoms with Gasteiger partial charge >= 0.3 is 0 Å². The number of nitrogens with zero attached hydrogens (tertiary/aromatic N) is 1. The number of phenolic OH excluding ortho intramolecular Hbond substituents is 1. The Hall–Kier alpha value is -1.64. The molecule has 0 radical (unpaired) electrons. The van der Waals surface area contributed by atoms with E-state index >= 15 is 0 Å². The van der Waals surface area contributed by atoms with Gasteiger partial charge in [-0.3, -0.25) is 4.18 Å². The average Bonchev–Trinajstić information content (AvgIpc) is 2.87. The molecule has 2 unspecified atom stereocenters. The zero-order valence-corrected chi connectivity index (χ0v) is 12.5. The maximum absolute atomic E-state index is 11.2. The fourth-order valence-corrected chi connectivity index (χ4v) is 2.66. The van der Waals surface area contributed by atoms with Crippen LogP contribution in [-0.2, 0) is 19.0 Å². The molecule has 1 heterocycles. The first-order chi connectivity index (χ1) is 9.81. The number of ether oxygens (including phenoxy) is 1. The Bertz CT molecular complexity index is 655. The molecule has 1 aromatic rings. The van der Waals surface area contributed by atoms with Gasteiger partial charge in [0, 0.05) is 11.1 Å². The molecule has 0 saturated heterocycles. The van der Waals surface area contributed by atoms with Crippen molar-refractivity contribution in [1.29, 1.82) is 0 Å². The lowest BCUT2D eigenvalue weighted by Crippen LogP contribution is -2.34. The SMILES string of the molecule is Cc1c(O)cccc1C1=NC(C(CO)OS(C)(=O)=O)CO1. The molecular weight excluding hydrogens is 298 g/mol. The highest BCUT2D eigenvalue weighted by molar-refractivity contribution is 7.86. The van der Waals surface area contributed by atoms with Crippen molar-refractivity contribution in [2.75, 3.05) is 19.5 Å². The lowest BCUT2D eigenvalue weighted by atomic mass is 10.1. The summed E-state index contributed by atoms with van der Waals surface area (Å²) < 4.78 is 32.5. The summed E-state index contributed by atoms with van der Waals surface area (Å²) in [5.41, 5.74) is 1.23. The van der Waals surface area contributed by atoms with Crippen molar-refractivity contribution in [3.05, 3.63) is 29.3 Å². The van der Waals surface area contributed by atoms with E-state index < -0.39 is 28.9 Å². The third-order valence-corrected chi connectivity index (χ3v) is 3.71. The molecule has 1 aliphatic heterocycles. The van der Waals surface area contributed by atoms with Gasteiger partial charge in [-0.1, -0.05) is 6.07 Å². The number of aliphatic hydroxyl groups excluding tert-OH is 1. The number of rotatable bonds is 5. The summed E-state index contributed by atoms with van der Waals surface area (Å²) in [6.45, 7) is 1.34. The molecule has 116 valence electrons. The highest BCUT2D eigenvalue weighted by Crippen LogP contribution is 2.24. The number of aromatic hydroxyl groups is 1. The molecule has 2 N–H and O–H groups in total. The number of phenols is 1. The summed E-state index contributed by atoms with van der Waals surface area (Å²) in [5, 5.41) is 18.9. The number of hydrogen-bond acceptors (Lipinski definition) is 7. The smallest absolute Gasteiger partial charge is 0.264 e. The van der Waals surface area contributed by atoms with Gasteiger partial charge in [-0.25, -0.2) is 4.99 Å². The van der Waals surface area contributed by atoms with Crippen LogP contribution in [0.4, 0.5) is 0 Å². The molecule has 0 spiro atoms. The molecule has 2 rings (SSSR count). The van der Waals surface area contributed by atoms with E-state index in [0.717, 1.165) is 6.26 Å². The minimum atomic E-state index is -3.69. The van der Waals surface area contributed by atoms with Crippen LogP contribution in [0.5, 0.6) is 5.75 Å². The van der Waals surface area contributed by atoms with Gasteiger partial charge in [0.05, 0.1) is 12.9 Å². The van der Waals surface area contributed by atoms with Crippen molar-refractivity contribution in [1.82, 2.24) is 0 Å². The van der Waals surface area contributed by atoms with Crippen molar-refractivity contribution >= 4 is 16.0 Å². The Morgan fingerprint density at radius 2 is 2.24 bits per heavy atom. The van der Waals surface area contributed by atoms with Crippen molar-refractivity contribution in [3.63, 3.8) is 0 Å². The molecule has 2 atom stereocenters. The third-order valence-electron chi connectivity index (χ3n) is 3.12. The van der Waals surface area contributed by atoms with Crippen LogP contribution in [0.1, 0.15) is 11.1 Å². The molecule has 0 bridgehead atoms. The van der Waals surface area contributed by atoms with Crippen molar-refractivity contribution in [2.45, 2.75) is 19.1 Å². The first-order valence-corrected chi connectivity index (χ1v) is 8.12. The first-order valence-electron chi connectivity index (χ1n) is 6.30. The average molecular weight is 315 g/mol. The van der Waals surface area contributed by atoms with Gasteiger partial charge in [-0.2, -0.15) is 8.42 Å². The van der Waals surface area contributed by atoms with Crippen molar-refractivity contribution in [3.8, 4) is 5.75 Å². The number of benzene rings is 1. The summed E-state index contributed by atoms with van der Waals surface area (Å²) in [6, 6.07) is 4.32. The van der Waals surface area contributed by atoms with E-state index in [0.29, 0.717) is 17.0 Å². The van der Waals surface area contributed by atoms with Gasteiger partial charge in [0.1, 0.15) is 24.5 Å². The monoisotopic (exact) mass is 315 g/mol. The van der Waals surface area contributed by atoms with Crippen LogP contribution >= 0.6 is 0 Å². The zero-order chi connectivity index (χ0) is 15.6.